The van der Waals surface area contributed by atoms with Crippen LogP contribution in [0.4, 0.5) is 5.69 Å². The van der Waals surface area contributed by atoms with Crippen molar-refractivity contribution in [1.29, 1.82) is 0 Å². The summed E-state index contributed by atoms with van der Waals surface area (Å²) < 4.78 is 5.04. The molecule has 0 aliphatic carbocycles. The molecule has 0 amide bonds. The lowest BCUT2D eigenvalue weighted by Crippen LogP contribution is -2.09. The molecule has 14 heavy (non-hydrogen) atoms. The second-order valence-corrected chi connectivity index (χ2v) is 3.29. The van der Waals surface area contributed by atoms with Gasteiger partial charge in [0.05, 0.1) is 13.2 Å². The Bertz CT molecular complexity index is 256. The summed E-state index contributed by atoms with van der Waals surface area (Å²) in [7, 11) is 1.65. The Labute approximate surface area is 84.7 Å². The highest BCUT2D eigenvalue weighted by molar-refractivity contribution is 5.46. The molecule has 0 aliphatic rings. The molecular formula is C11H17NO2. The van der Waals surface area contributed by atoms with Gasteiger partial charge in [-0.3, -0.25) is 0 Å². The van der Waals surface area contributed by atoms with Crippen molar-refractivity contribution in [3.63, 3.8) is 0 Å². The van der Waals surface area contributed by atoms with Crippen molar-refractivity contribution in [1.82, 2.24) is 0 Å². The van der Waals surface area contributed by atoms with Crippen LogP contribution in [0.5, 0.6) is 5.75 Å². The van der Waals surface area contributed by atoms with Crippen molar-refractivity contribution >= 4 is 5.69 Å². The van der Waals surface area contributed by atoms with Gasteiger partial charge in [0.2, 0.25) is 0 Å². The van der Waals surface area contributed by atoms with Gasteiger partial charge in [0, 0.05) is 12.2 Å². The molecule has 3 heteroatoms. The maximum Gasteiger partial charge on any atom is 0.119 e. The topological polar surface area (TPSA) is 41.5 Å². The highest BCUT2D eigenvalue weighted by Crippen LogP contribution is 2.14. The number of rotatable bonds is 5. The van der Waals surface area contributed by atoms with Crippen LogP contribution in [0.15, 0.2) is 24.3 Å². The van der Waals surface area contributed by atoms with Crippen molar-refractivity contribution in [2.24, 2.45) is 0 Å². The molecule has 0 spiro atoms. The standard InChI is InChI=1S/C11H17NO2/c1-9(13)7-8-12-10-3-5-11(14-2)6-4-10/h3-6,9,12-13H,7-8H2,1-2H3. The smallest absolute Gasteiger partial charge is 0.119 e. The average Bonchev–Trinajstić information content (AvgIpc) is 2.18. The van der Waals surface area contributed by atoms with E-state index in [1.165, 1.54) is 0 Å². The Morgan fingerprint density at radius 1 is 1.36 bits per heavy atom. The Balaban J connectivity index is 2.36. The number of nitrogens with one attached hydrogen (secondary N) is 1. The van der Waals surface area contributed by atoms with Crippen molar-refractivity contribution in [2.45, 2.75) is 19.4 Å². The van der Waals surface area contributed by atoms with Crippen LogP contribution in [-0.2, 0) is 0 Å². The molecule has 0 bridgehead atoms. The zero-order valence-electron chi connectivity index (χ0n) is 8.66. The summed E-state index contributed by atoms with van der Waals surface area (Å²) in [6.07, 6.45) is 0.507. The minimum atomic E-state index is -0.249. The number of hydrogen-bond donors (Lipinski definition) is 2. The Morgan fingerprint density at radius 2 is 2.00 bits per heavy atom. The number of aliphatic hydroxyl groups is 1. The first-order valence-corrected chi connectivity index (χ1v) is 4.78. The van der Waals surface area contributed by atoms with Crippen molar-refractivity contribution in [3.05, 3.63) is 24.3 Å². The molecule has 78 valence electrons. The summed E-state index contributed by atoms with van der Waals surface area (Å²) in [4.78, 5) is 0. The minimum absolute atomic E-state index is 0.249. The van der Waals surface area contributed by atoms with Crippen molar-refractivity contribution < 1.29 is 9.84 Å². The average molecular weight is 195 g/mol. The molecule has 1 aromatic carbocycles. The van der Waals surface area contributed by atoms with E-state index in [0.29, 0.717) is 0 Å². The molecule has 3 nitrogen and oxygen atoms in total. The monoisotopic (exact) mass is 195 g/mol. The fourth-order valence-corrected chi connectivity index (χ4v) is 1.13. The maximum absolute atomic E-state index is 9.05. The van der Waals surface area contributed by atoms with E-state index in [4.69, 9.17) is 9.84 Å². The normalized spacial score (nSPS) is 12.2. The highest BCUT2D eigenvalue weighted by Gasteiger charge is 1.96. The third-order valence-corrected chi connectivity index (χ3v) is 1.98. The van der Waals surface area contributed by atoms with Gasteiger partial charge in [0.15, 0.2) is 0 Å². The lowest BCUT2D eigenvalue weighted by molar-refractivity contribution is 0.189. The molecule has 0 fully saturated rings. The van der Waals surface area contributed by atoms with Crippen LogP contribution in [0.3, 0.4) is 0 Å². The molecule has 0 heterocycles. The molecule has 0 saturated heterocycles. The molecule has 2 N–H and O–H groups in total. The number of hydrogen-bond acceptors (Lipinski definition) is 3. The van der Waals surface area contributed by atoms with Gasteiger partial charge < -0.3 is 15.2 Å². The molecule has 1 aromatic rings. The molecule has 0 radical (unpaired) electrons. The first kappa shape index (κ1) is 10.9. The van der Waals surface area contributed by atoms with Gasteiger partial charge in [-0.15, -0.1) is 0 Å². The van der Waals surface area contributed by atoms with E-state index in [2.05, 4.69) is 5.32 Å². The molecule has 0 aliphatic heterocycles. The molecule has 1 unspecified atom stereocenters. The van der Waals surface area contributed by atoms with E-state index >= 15 is 0 Å². The lowest BCUT2D eigenvalue weighted by Gasteiger charge is -2.08. The number of aliphatic hydroxyl groups excluding tert-OH is 1. The quantitative estimate of drug-likeness (QED) is 0.753. The van der Waals surface area contributed by atoms with E-state index < -0.39 is 0 Å². The summed E-state index contributed by atoms with van der Waals surface area (Å²) >= 11 is 0. The molecular weight excluding hydrogens is 178 g/mol. The SMILES string of the molecule is COc1ccc(NCCC(C)O)cc1. The molecule has 0 aromatic heterocycles. The number of benzene rings is 1. The number of ether oxygens (including phenoxy) is 1. The van der Waals surface area contributed by atoms with Gasteiger partial charge in [0.25, 0.3) is 0 Å². The van der Waals surface area contributed by atoms with Gasteiger partial charge in [-0.05, 0) is 37.6 Å². The van der Waals surface area contributed by atoms with Gasteiger partial charge in [-0.25, -0.2) is 0 Å². The van der Waals surface area contributed by atoms with Crippen LogP contribution < -0.4 is 10.1 Å². The summed E-state index contributed by atoms with van der Waals surface area (Å²) in [5.41, 5.74) is 1.05. The van der Waals surface area contributed by atoms with Crippen LogP contribution in [0.1, 0.15) is 13.3 Å². The Morgan fingerprint density at radius 3 is 2.50 bits per heavy atom. The van der Waals surface area contributed by atoms with E-state index in [1.807, 2.05) is 24.3 Å². The van der Waals surface area contributed by atoms with E-state index in [1.54, 1.807) is 14.0 Å². The molecule has 0 saturated carbocycles. The minimum Gasteiger partial charge on any atom is -0.497 e. The predicted octanol–water partition coefficient (Wildman–Crippen LogP) is 1.88. The zero-order valence-corrected chi connectivity index (χ0v) is 8.66. The summed E-state index contributed by atoms with van der Waals surface area (Å²) in [5, 5.41) is 12.3. The second-order valence-electron chi connectivity index (χ2n) is 3.29. The maximum atomic E-state index is 9.05. The van der Waals surface area contributed by atoms with Crippen LogP contribution in [0.25, 0.3) is 0 Å². The van der Waals surface area contributed by atoms with Crippen LogP contribution in [0.2, 0.25) is 0 Å². The van der Waals surface area contributed by atoms with Crippen LogP contribution in [0, 0.1) is 0 Å². The second kappa shape index (κ2) is 5.50. The zero-order chi connectivity index (χ0) is 10.4. The van der Waals surface area contributed by atoms with Crippen molar-refractivity contribution in [3.8, 4) is 5.75 Å². The predicted molar refractivity (Wildman–Crippen MR) is 57.8 cm³/mol. The van der Waals surface area contributed by atoms with Gasteiger partial charge >= 0.3 is 0 Å². The highest BCUT2D eigenvalue weighted by atomic mass is 16.5. The number of methoxy groups -OCH3 is 1. The molecule has 1 atom stereocenters. The van der Waals surface area contributed by atoms with Crippen LogP contribution >= 0.6 is 0 Å². The third kappa shape index (κ3) is 3.66. The van der Waals surface area contributed by atoms with E-state index in [0.717, 1.165) is 24.4 Å². The molecule has 1 rings (SSSR count). The van der Waals surface area contributed by atoms with Gasteiger partial charge in [-0.1, -0.05) is 0 Å². The lowest BCUT2D eigenvalue weighted by atomic mass is 10.2. The van der Waals surface area contributed by atoms with Gasteiger partial charge in [0.1, 0.15) is 5.75 Å². The van der Waals surface area contributed by atoms with Gasteiger partial charge in [-0.2, -0.15) is 0 Å². The Hall–Kier alpha value is -1.22. The summed E-state index contributed by atoms with van der Waals surface area (Å²) in [6, 6.07) is 7.73. The van der Waals surface area contributed by atoms with Crippen LogP contribution in [-0.4, -0.2) is 24.9 Å². The van der Waals surface area contributed by atoms with E-state index in [9.17, 15) is 0 Å². The number of anilines is 1. The fourth-order valence-electron chi connectivity index (χ4n) is 1.13. The Kier molecular flexibility index (Phi) is 4.26. The first-order valence-electron chi connectivity index (χ1n) is 4.78. The summed E-state index contributed by atoms with van der Waals surface area (Å²) in [5.74, 6) is 0.853. The third-order valence-electron chi connectivity index (χ3n) is 1.98. The van der Waals surface area contributed by atoms with Crippen molar-refractivity contribution in [2.75, 3.05) is 19.0 Å². The largest absolute Gasteiger partial charge is 0.497 e. The fraction of sp³-hybridized carbons (Fsp3) is 0.455. The van der Waals surface area contributed by atoms with E-state index in [-0.39, 0.29) is 6.10 Å². The first-order chi connectivity index (χ1) is 6.72. The summed E-state index contributed by atoms with van der Waals surface area (Å²) in [6.45, 7) is 2.57.